The average Bonchev–Trinajstić information content (AvgIpc) is 2.76. The van der Waals surface area contributed by atoms with Crippen LogP contribution in [0.2, 0.25) is 0 Å². The highest BCUT2D eigenvalue weighted by Gasteiger charge is 2.13. The Balaban J connectivity index is 1.71. The first-order chi connectivity index (χ1) is 15.0. The third kappa shape index (κ3) is 5.70. The monoisotopic (exact) mass is 418 g/mol. The standard InChI is InChI=1S/C24H22N2O5/c1-3-30-22-14-17(15-25-26-23(28)19-6-4-5-7-20(19)27)10-13-21(22)31-24(29)18-11-8-16(2)9-12-18/h4-15,27H,3H2,1-2H3,(H,26,28). The third-order valence-corrected chi connectivity index (χ3v) is 4.29. The maximum atomic E-state index is 12.4. The van der Waals surface area contributed by atoms with E-state index in [1.165, 1.54) is 18.3 Å². The summed E-state index contributed by atoms with van der Waals surface area (Å²) in [5, 5.41) is 13.6. The Kier molecular flexibility index (Phi) is 7.01. The van der Waals surface area contributed by atoms with Gasteiger partial charge in [0.2, 0.25) is 0 Å². The van der Waals surface area contributed by atoms with Crippen molar-refractivity contribution in [3.05, 3.63) is 89.0 Å². The second kappa shape index (κ2) is 10.1. The van der Waals surface area contributed by atoms with Crippen LogP contribution in [0.15, 0.2) is 71.8 Å². The lowest BCUT2D eigenvalue weighted by Crippen LogP contribution is -2.17. The zero-order valence-electron chi connectivity index (χ0n) is 17.2. The number of hydrazone groups is 1. The number of rotatable bonds is 7. The summed E-state index contributed by atoms with van der Waals surface area (Å²) in [6.07, 6.45) is 1.42. The fraction of sp³-hybridized carbons (Fsp3) is 0.125. The highest BCUT2D eigenvalue weighted by Crippen LogP contribution is 2.29. The minimum Gasteiger partial charge on any atom is -0.507 e. The van der Waals surface area contributed by atoms with Crippen LogP contribution in [0.4, 0.5) is 0 Å². The van der Waals surface area contributed by atoms with Crippen LogP contribution in [-0.4, -0.2) is 29.8 Å². The minimum absolute atomic E-state index is 0.119. The summed E-state index contributed by atoms with van der Waals surface area (Å²) in [6.45, 7) is 4.13. The number of carbonyl (C=O) groups is 2. The zero-order valence-corrected chi connectivity index (χ0v) is 17.2. The van der Waals surface area contributed by atoms with Gasteiger partial charge in [0.1, 0.15) is 5.75 Å². The summed E-state index contributed by atoms with van der Waals surface area (Å²) in [6, 6.07) is 18.2. The number of para-hydroxylation sites is 1. The van der Waals surface area contributed by atoms with Gasteiger partial charge >= 0.3 is 5.97 Å². The third-order valence-electron chi connectivity index (χ3n) is 4.29. The fourth-order valence-electron chi connectivity index (χ4n) is 2.70. The highest BCUT2D eigenvalue weighted by atomic mass is 16.6. The Morgan fingerprint density at radius 3 is 2.48 bits per heavy atom. The number of aryl methyl sites for hydroxylation is 1. The van der Waals surface area contributed by atoms with E-state index < -0.39 is 11.9 Å². The Bertz CT molecular complexity index is 1110. The van der Waals surface area contributed by atoms with Gasteiger partial charge in [-0.25, -0.2) is 10.2 Å². The molecule has 0 heterocycles. The molecule has 7 heteroatoms. The first-order valence-electron chi connectivity index (χ1n) is 9.65. The van der Waals surface area contributed by atoms with Crippen molar-refractivity contribution in [3.63, 3.8) is 0 Å². The maximum Gasteiger partial charge on any atom is 0.343 e. The summed E-state index contributed by atoms with van der Waals surface area (Å²) in [5.74, 6) is -0.504. The van der Waals surface area contributed by atoms with Crippen molar-refractivity contribution in [2.45, 2.75) is 13.8 Å². The quantitative estimate of drug-likeness (QED) is 0.261. The van der Waals surface area contributed by atoms with Gasteiger partial charge in [-0.15, -0.1) is 0 Å². The second-order valence-corrected chi connectivity index (χ2v) is 6.61. The minimum atomic E-state index is -0.539. The predicted molar refractivity (Wildman–Crippen MR) is 117 cm³/mol. The highest BCUT2D eigenvalue weighted by molar-refractivity contribution is 5.97. The number of nitrogens with one attached hydrogen (secondary N) is 1. The number of hydrogen-bond acceptors (Lipinski definition) is 6. The molecule has 31 heavy (non-hydrogen) atoms. The van der Waals surface area contributed by atoms with Crippen LogP contribution in [-0.2, 0) is 0 Å². The Morgan fingerprint density at radius 1 is 1.03 bits per heavy atom. The van der Waals surface area contributed by atoms with Gasteiger partial charge in [0.15, 0.2) is 11.5 Å². The van der Waals surface area contributed by atoms with Crippen molar-refractivity contribution in [1.29, 1.82) is 0 Å². The van der Waals surface area contributed by atoms with Crippen LogP contribution >= 0.6 is 0 Å². The van der Waals surface area contributed by atoms with Gasteiger partial charge in [0.25, 0.3) is 5.91 Å². The van der Waals surface area contributed by atoms with E-state index in [1.807, 2.05) is 26.0 Å². The summed E-state index contributed by atoms with van der Waals surface area (Å²) >= 11 is 0. The van der Waals surface area contributed by atoms with Gasteiger partial charge < -0.3 is 14.6 Å². The van der Waals surface area contributed by atoms with Crippen LogP contribution in [0.3, 0.4) is 0 Å². The molecule has 0 saturated carbocycles. The largest absolute Gasteiger partial charge is 0.507 e. The molecular formula is C24H22N2O5. The number of ether oxygens (including phenoxy) is 2. The molecule has 3 rings (SSSR count). The average molecular weight is 418 g/mol. The number of esters is 1. The molecule has 7 nitrogen and oxygen atoms in total. The summed E-state index contributed by atoms with van der Waals surface area (Å²) < 4.78 is 11.1. The topological polar surface area (TPSA) is 97.2 Å². The van der Waals surface area contributed by atoms with Gasteiger partial charge in [0, 0.05) is 0 Å². The van der Waals surface area contributed by atoms with Crippen molar-refractivity contribution < 1.29 is 24.2 Å². The van der Waals surface area contributed by atoms with Crippen molar-refractivity contribution >= 4 is 18.1 Å². The number of benzene rings is 3. The molecule has 3 aromatic carbocycles. The molecule has 0 radical (unpaired) electrons. The van der Waals surface area contributed by atoms with Crippen LogP contribution in [0.25, 0.3) is 0 Å². The number of aromatic hydroxyl groups is 1. The molecule has 0 saturated heterocycles. The number of phenolic OH excluding ortho intramolecular Hbond substituents is 1. The SMILES string of the molecule is CCOc1cc(C=NNC(=O)c2ccccc2O)ccc1OC(=O)c1ccc(C)cc1. The number of carbonyl (C=O) groups excluding carboxylic acids is 2. The van der Waals surface area contributed by atoms with E-state index in [9.17, 15) is 14.7 Å². The van der Waals surface area contributed by atoms with E-state index in [0.717, 1.165) is 5.56 Å². The first kappa shape index (κ1) is 21.6. The van der Waals surface area contributed by atoms with Crippen LogP contribution in [0.1, 0.15) is 38.8 Å². The maximum absolute atomic E-state index is 12.4. The summed E-state index contributed by atoms with van der Waals surface area (Å²) in [4.78, 5) is 24.5. The molecular weight excluding hydrogens is 396 g/mol. The predicted octanol–water partition coefficient (Wildman–Crippen LogP) is 4.08. The van der Waals surface area contributed by atoms with Crippen molar-refractivity contribution in [2.75, 3.05) is 6.61 Å². The first-order valence-corrected chi connectivity index (χ1v) is 9.65. The normalized spacial score (nSPS) is 10.6. The number of phenols is 1. The van der Waals surface area contributed by atoms with Gasteiger partial charge in [-0.3, -0.25) is 4.79 Å². The van der Waals surface area contributed by atoms with Crippen LogP contribution in [0, 0.1) is 6.92 Å². The molecule has 0 aliphatic heterocycles. The fourth-order valence-corrected chi connectivity index (χ4v) is 2.70. The van der Waals surface area contributed by atoms with E-state index in [-0.39, 0.29) is 17.1 Å². The molecule has 3 aromatic rings. The van der Waals surface area contributed by atoms with Gasteiger partial charge in [-0.05, 0) is 61.9 Å². The lowest BCUT2D eigenvalue weighted by Gasteiger charge is -2.11. The number of nitrogens with zero attached hydrogens (tertiary/aromatic N) is 1. The molecule has 0 unspecified atom stereocenters. The molecule has 0 aromatic heterocycles. The van der Waals surface area contributed by atoms with Gasteiger partial charge in [0.05, 0.1) is 23.9 Å². The molecule has 0 aliphatic carbocycles. The van der Waals surface area contributed by atoms with E-state index in [1.54, 1.807) is 42.5 Å². The van der Waals surface area contributed by atoms with E-state index >= 15 is 0 Å². The molecule has 2 N–H and O–H groups in total. The Labute approximate surface area is 179 Å². The van der Waals surface area contributed by atoms with E-state index in [4.69, 9.17) is 9.47 Å². The molecule has 0 spiro atoms. The molecule has 0 bridgehead atoms. The van der Waals surface area contributed by atoms with E-state index in [2.05, 4.69) is 10.5 Å². The van der Waals surface area contributed by atoms with E-state index in [0.29, 0.717) is 23.5 Å². The van der Waals surface area contributed by atoms with Crippen LogP contribution in [0.5, 0.6) is 17.2 Å². The molecule has 0 fully saturated rings. The van der Waals surface area contributed by atoms with Crippen molar-refractivity contribution in [3.8, 4) is 17.2 Å². The lowest BCUT2D eigenvalue weighted by atomic mass is 10.1. The van der Waals surface area contributed by atoms with Crippen molar-refractivity contribution in [2.24, 2.45) is 5.10 Å². The van der Waals surface area contributed by atoms with Crippen molar-refractivity contribution in [1.82, 2.24) is 5.43 Å². The smallest absolute Gasteiger partial charge is 0.343 e. The lowest BCUT2D eigenvalue weighted by molar-refractivity contribution is 0.0728. The Morgan fingerprint density at radius 2 is 1.77 bits per heavy atom. The molecule has 158 valence electrons. The summed E-state index contributed by atoms with van der Waals surface area (Å²) in [5.41, 5.74) is 4.58. The second-order valence-electron chi connectivity index (χ2n) is 6.61. The summed E-state index contributed by atoms with van der Waals surface area (Å²) in [7, 11) is 0. The number of hydrogen-bond donors (Lipinski definition) is 2. The molecule has 1 amide bonds. The zero-order chi connectivity index (χ0) is 22.2. The van der Waals surface area contributed by atoms with Crippen LogP contribution < -0.4 is 14.9 Å². The molecule has 0 atom stereocenters. The molecule has 0 aliphatic rings. The Hall–Kier alpha value is -4.13. The van der Waals surface area contributed by atoms with Gasteiger partial charge in [-0.2, -0.15) is 5.10 Å². The number of amides is 1. The van der Waals surface area contributed by atoms with Gasteiger partial charge in [-0.1, -0.05) is 29.8 Å².